The van der Waals surface area contributed by atoms with E-state index in [1.807, 2.05) is 30.3 Å². The van der Waals surface area contributed by atoms with E-state index in [4.69, 9.17) is 4.74 Å². The summed E-state index contributed by atoms with van der Waals surface area (Å²) in [5, 5.41) is 5.87. The first-order valence-electron chi connectivity index (χ1n) is 5.81. The summed E-state index contributed by atoms with van der Waals surface area (Å²) in [6.07, 6.45) is 3.16. The number of ether oxygens (including phenoxy) is 1. The maximum Gasteiger partial charge on any atom is 0.332 e. The topological polar surface area (TPSA) is 41.9 Å². The van der Waals surface area contributed by atoms with Crippen LogP contribution in [0.15, 0.2) is 47.2 Å². The minimum absolute atomic E-state index is 0.350. The Morgan fingerprint density at radius 3 is 2.67 bits per heavy atom. The van der Waals surface area contributed by atoms with Crippen LogP contribution in [0.4, 0.5) is 0 Å². The Bertz CT molecular complexity index is 438. The Labute approximate surface area is 108 Å². The average Bonchev–Trinajstić information content (AvgIpc) is 2.37. The predicted molar refractivity (Wildman–Crippen MR) is 72.2 cm³/mol. The summed E-state index contributed by atoms with van der Waals surface area (Å²) in [4.78, 5) is 11.3. The second kappa shape index (κ2) is 7.27. The highest BCUT2D eigenvalue weighted by Gasteiger charge is 2.01. The van der Waals surface area contributed by atoms with Gasteiger partial charge in [-0.25, -0.2) is 4.79 Å². The lowest BCUT2D eigenvalue weighted by Gasteiger charge is -2.12. The molecule has 0 saturated carbocycles. The monoisotopic (exact) mass is 246 g/mol. The quantitative estimate of drug-likeness (QED) is 0.347. The molecule has 0 radical (unpaired) electrons. The summed E-state index contributed by atoms with van der Waals surface area (Å²) in [5.74, 6) is -0.350. The normalized spacial score (nSPS) is 11.6. The van der Waals surface area contributed by atoms with Gasteiger partial charge in [0.05, 0.1) is 12.8 Å². The van der Waals surface area contributed by atoms with Gasteiger partial charge in [0.1, 0.15) is 0 Å². The van der Waals surface area contributed by atoms with Gasteiger partial charge in [-0.15, -0.1) is 0 Å². The van der Waals surface area contributed by atoms with E-state index in [0.29, 0.717) is 6.61 Å². The molecule has 0 heterocycles. The van der Waals surface area contributed by atoms with Crippen LogP contribution in [0.1, 0.15) is 19.4 Å². The Morgan fingerprint density at radius 2 is 2.06 bits per heavy atom. The van der Waals surface area contributed by atoms with Gasteiger partial charge in [-0.05, 0) is 19.4 Å². The third-order valence-corrected chi connectivity index (χ3v) is 2.30. The fourth-order valence-electron chi connectivity index (χ4n) is 1.23. The molecule has 1 rings (SSSR count). The van der Waals surface area contributed by atoms with Crippen molar-refractivity contribution < 1.29 is 9.53 Å². The highest BCUT2D eigenvalue weighted by Crippen LogP contribution is 2.02. The Morgan fingerprint density at radius 1 is 1.39 bits per heavy atom. The molecule has 0 N–H and O–H groups in total. The Kier molecular flexibility index (Phi) is 5.64. The number of rotatable bonds is 5. The second-order valence-corrected chi connectivity index (χ2v) is 3.72. The second-order valence-electron chi connectivity index (χ2n) is 3.72. The zero-order valence-electron chi connectivity index (χ0n) is 11.0. The van der Waals surface area contributed by atoms with Crippen molar-refractivity contribution in [1.29, 1.82) is 0 Å². The standard InChI is InChI=1S/C14H18N2O2/c1-4-18-14(17)10-12(2)16(3)15-11-13-8-6-5-7-9-13/h5-11H,4H2,1-3H3/b12-10+,15-11?. The molecule has 96 valence electrons. The number of hydrazone groups is 1. The zero-order valence-corrected chi connectivity index (χ0v) is 11.0. The largest absolute Gasteiger partial charge is 0.463 e. The summed E-state index contributed by atoms with van der Waals surface area (Å²) in [6.45, 7) is 3.96. The van der Waals surface area contributed by atoms with Crippen LogP contribution in [0.5, 0.6) is 0 Å². The maximum absolute atomic E-state index is 11.3. The number of allylic oxidation sites excluding steroid dienone is 1. The molecule has 1 aromatic carbocycles. The Hall–Kier alpha value is -2.10. The highest BCUT2D eigenvalue weighted by atomic mass is 16.5. The van der Waals surface area contributed by atoms with Gasteiger partial charge in [-0.3, -0.25) is 5.01 Å². The zero-order chi connectivity index (χ0) is 13.4. The van der Waals surface area contributed by atoms with Crippen LogP contribution < -0.4 is 0 Å². The van der Waals surface area contributed by atoms with Gasteiger partial charge < -0.3 is 4.74 Å². The number of nitrogens with zero attached hydrogens (tertiary/aromatic N) is 2. The van der Waals surface area contributed by atoms with Crippen molar-refractivity contribution in [2.45, 2.75) is 13.8 Å². The smallest absolute Gasteiger partial charge is 0.332 e. The minimum atomic E-state index is -0.350. The van der Waals surface area contributed by atoms with E-state index in [1.54, 1.807) is 32.1 Å². The fourth-order valence-corrected chi connectivity index (χ4v) is 1.23. The molecular formula is C14H18N2O2. The maximum atomic E-state index is 11.3. The van der Waals surface area contributed by atoms with Crippen molar-refractivity contribution in [3.63, 3.8) is 0 Å². The summed E-state index contributed by atoms with van der Waals surface area (Å²) in [5.41, 5.74) is 1.73. The van der Waals surface area contributed by atoms with Gasteiger partial charge in [-0.1, -0.05) is 30.3 Å². The molecule has 0 saturated heterocycles. The van der Waals surface area contributed by atoms with Crippen LogP contribution in [0, 0.1) is 0 Å². The van der Waals surface area contributed by atoms with Crippen LogP contribution in [-0.2, 0) is 9.53 Å². The van der Waals surface area contributed by atoms with Crippen molar-refractivity contribution in [1.82, 2.24) is 5.01 Å². The van der Waals surface area contributed by atoms with E-state index < -0.39 is 0 Å². The first-order valence-corrected chi connectivity index (χ1v) is 5.81. The lowest BCUT2D eigenvalue weighted by molar-refractivity contribution is -0.137. The number of benzene rings is 1. The van der Waals surface area contributed by atoms with Gasteiger partial charge in [0.25, 0.3) is 0 Å². The molecule has 0 spiro atoms. The minimum Gasteiger partial charge on any atom is -0.463 e. The average molecular weight is 246 g/mol. The van der Waals surface area contributed by atoms with Crippen molar-refractivity contribution in [2.24, 2.45) is 5.10 Å². The predicted octanol–water partition coefficient (Wildman–Crippen LogP) is 2.42. The molecule has 0 aromatic heterocycles. The molecule has 0 atom stereocenters. The number of hydrogen-bond donors (Lipinski definition) is 0. The molecule has 0 unspecified atom stereocenters. The van der Waals surface area contributed by atoms with Gasteiger partial charge in [0.2, 0.25) is 0 Å². The lowest BCUT2D eigenvalue weighted by atomic mass is 10.2. The van der Waals surface area contributed by atoms with E-state index in [1.165, 1.54) is 6.08 Å². The van der Waals surface area contributed by atoms with E-state index >= 15 is 0 Å². The fraction of sp³-hybridized carbons (Fsp3) is 0.286. The van der Waals surface area contributed by atoms with Crippen LogP contribution >= 0.6 is 0 Å². The molecule has 18 heavy (non-hydrogen) atoms. The van der Waals surface area contributed by atoms with Gasteiger partial charge in [-0.2, -0.15) is 5.10 Å². The summed E-state index contributed by atoms with van der Waals surface area (Å²) in [7, 11) is 1.78. The van der Waals surface area contributed by atoms with E-state index in [9.17, 15) is 4.79 Å². The molecule has 4 nitrogen and oxygen atoms in total. The first-order chi connectivity index (χ1) is 8.63. The van der Waals surface area contributed by atoms with Gasteiger partial charge in [0.15, 0.2) is 0 Å². The summed E-state index contributed by atoms with van der Waals surface area (Å²) < 4.78 is 4.83. The molecule has 0 bridgehead atoms. The lowest BCUT2D eigenvalue weighted by Crippen LogP contribution is -2.11. The van der Waals surface area contributed by atoms with Crippen molar-refractivity contribution in [3.8, 4) is 0 Å². The van der Waals surface area contributed by atoms with Crippen LogP contribution in [0.2, 0.25) is 0 Å². The molecule has 0 aliphatic carbocycles. The van der Waals surface area contributed by atoms with Crippen LogP contribution in [0.25, 0.3) is 0 Å². The third kappa shape index (κ3) is 4.82. The van der Waals surface area contributed by atoms with E-state index in [2.05, 4.69) is 5.10 Å². The number of carbonyl (C=O) groups is 1. The molecule has 0 aliphatic rings. The molecule has 1 aromatic rings. The number of hydrogen-bond acceptors (Lipinski definition) is 4. The highest BCUT2D eigenvalue weighted by molar-refractivity contribution is 5.82. The van der Waals surface area contributed by atoms with Crippen molar-refractivity contribution >= 4 is 12.2 Å². The SMILES string of the molecule is CCOC(=O)/C=C(\C)N(C)N=Cc1ccccc1. The molecular weight excluding hydrogens is 228 g/mol. The third-order valence-electron chi connectivity index (χ3n) is 2.30. The van der Waals surface area contributed by atoms with E-state index in [-0.39, 0.29) is 5.97 Å². The summed E-state index contributed by atoms with van der Waals surface area (Å²) >= 11 is 0. The van der Waals surface area contributed by atoms with Crippen LogP contribution in [0.3, 0.4) is 0 Å². The molecule has 0 amide bonds. The Balaban J connectivity index is 2.62. The molecule has 0 fully saturated rings. The van der Waals surface area contributed by atoms with Gasteiger partial charge >= 0.3 is 5.97 Å². The number of carbonyl (C=O) groups excluding carboxylic acids is 1. The first kappa shape index (κ1) is 14.0. The van der Waals surface area contributed by atoms with Crippen LogP contribution in [-0.4, -0.2) is 30.8 Å². The molecule has 0 aliphatic heterocycles. The number of esters is 1. The van der Waals surface area contributed by atoms with Crippen molar-refractivity contribution in [2.75, 3.05) is 13.7 Å². The molecule has 4 heteroatoms. The van der Waals surface area contributed by atoms with Gasteiger partial charge in [0, 0.05) is 18.8 Å². The van der Waals surface area contributed by atoms with Crippen molar-refractivity contribution in [3.05, 3.63) is 47.7 Å². The summed E-state index contributed by atoms with van der Waals surface area (Å²) in [6, 6.07) is 9.77. The van der Waals surface area contributed by atoms with E-state index in [0.717, 1.165) is 11.3 Å².